The fourth-order valence-corrected chi connectivity index (χ4v) is 3.61. The van der Waals surface area contributed by atoms with E-state index in [1.807, 2.05) is 19.1 Å². The third-order valence-corrected chi connectivity index (χ3v) is 5.15. The van der Waals surface area contributed by atoms with Crippen LogP contribution < -0.4 is 20.5 Å². The van der Waals surface area contributed by atoms with Crippen LogP contribution in [0, 0.1) is 5.92 Å². The Morgan fingerprint density at radius 3 is 2.82 bits per heavy atom. The number of nitrogens with two attached hydrogens (primary N) is 1. The van der Waals surface area contributed by atoms with Gasteiger partial charge in [-0.25, -0.2) is 0 Å². The zero-order valence-electron chi connectivity index (χ0n) is 16.4. The first-order chi connectivity index (χ1) is 13.7. The standard InChI is InChI=1S/C22H29N3O3/c1-2-27-21-12-17(22(26)25-19-8-4-3-7-18(19)13-23)9-10-20(21)28-15-16-6-5-11-24-14-16/h5-6,9-12,14,18-19H,2-4,7-8,13,15,23H2,1H3,(H,25,26). The number of nitrogens with one attached hydrogen (secondary N) is 1. The number of aromatic nitrogens is 1. The minimum absolute atomic E-state index is 0.0925. The van der Waals surface area contributed by atoms with Gasteiger partial charge in [0.1, 0.15) is 6.61 Å². The summed E-state index contributed by atoms with van der Waals surface area (Å²) < 4.78 is 11.6. The number of carbonyl (C=O) groups is 1. The van der Waals surface area contributed by atoms with Gasteiger partial charge in [-0.3, -0.25) is 9.78 Å². The molecule has 0 saturated heterocycles. The van der Waals surface area contributed by atoms with Crippen molar-refractivity contribution in [2.24, 2.45) is 11.7 Å². The number of hydrogen-bond acceptors (Lipinski definition) is 5. The van der Waals surface area contributed by atoms with E-state index >= 15 is 0 Å². The molecule has 2 unspecified atom stereocenters. The number of amides is 1. The van der Waals surface area contributed by atoms with Crippen molar-refractivity contribution in [3.05, 3.63) is 53.9 Å². The Kier molecular flexibility index (Phi) is 7.25. The molecule has 3 rings (SSSR count). The van der Waals surface area contributed by atoms with Crippen molar-refractivity contribution in [2.75, 3.05) is 13.2 Å². The molecule has 1 aromatic carbocycles. The number of benzene rings is 1. The van der Waals surface area contributed by atoms with E-state index in [1.54, 1.807) is 30.6 Å². The first-order valence-electron chi connectivity index (χ1n) is 10.0. The quantitative estimate of drug-likeness (QED) is 0.730. The molecule has 150 valence electrons. The summed E-state index contributed by atoms with van der Waals surface area (Å²) in [4.78, 5) is 16.9. The first kappa shape index (κ1) is 20.1. The van der Waals surface area contributed by atoms with Crippen LogP contribution in [-0.4, -0.2) is 30.1 Å². The third kappa shape index (κ3) is 5.23. The zero-order chi connectivity index (χ0) is 19.8. The summed E-state index contributed by atoms with van der Waals surface area (Å²) in [7, 11) is 0. The lowest BCUT2D eigenvalue weighted by molar-refractivity contribution is 0.0907. The Bertz CT molecular complexity index is 767. The number of pyridine rings is 1. The van der Waals surface area contributed by atoms with Crippen LogP contribution in [0.4, 0.5) is 0 Å². The lowest BCUT2D eigenvalue weighted by Gasteiger charge is -2.31. The minimum atomic E-state index is -0.0925. The Hall–Kier alpha value is -2.60. The molecule has 6 nitrogen and oxygen atoms in total. The van der Waals surface area contributed by atoms with Gasteiger partial charge in [-0.1, -0.05) is 18.9 Å². The van der Waals surface area contributed by atoms with Gasteiger partial charge in [-0.05, 0) is 56.5 Å². The molecule has 28 heavy (non-hydrogen) atoms. The van der Waals surface area contributed by atoms with Gasteiger partial charge in [-0.2, -0.15) is 0 Å². The average Bonchev–Trinajstić information content (AvgIpc) is 2.74. The lowest BCUT2D eigenvalue weighted by atomic mass is 9.84. The largest absolute Gasteiger partial charge is 0.490 e. The molecule has 2 aromatic rings. The second-order valence-electron chi connectivity index (χ2n) is 7.10. The fourth-order valence-electron chi connectivity index (χ4n) is 3.61. The summed E-state index contributed by atoms with van der Waals surface area (Å²) in [6, 6.07) is 9.28. The molecule has 6 heteroatoms. The SMILES string of the molecule is CCOc1cc(C(=O)NC2CCCCC2CN)ccc1OCc1cccnc1. The predicted molar refractivity (Wildman–Crippen MR) is 108 cm³/mol. The smallest absolute Gasteiger partial charge is 0.251 e. The highest BCUT2D eigenvalue weighted by Crippen LogP contribution is 2.30. The first-order valence-corrected chi connectivity index (χ1v) is 10.0. The molecular weight excluding hydrogens is 354 g/mol. The van der Waals surface area contributed by atoms with Gasteiger partial charge in [-0.15, -0.1) is 0 Å². The molecule has 1 heterocycles. The van der Waals surface area contributed by atoms with Crippen molar-refractivity contribution in [3.63, 3.8) is 0 Å². The van der Waals surface area contributed by atoms with Gasteiger partial charge in [0.2, 0.25) is 0 Å². The number of hydrogen-bond donors (Lipinski definition) is 2. The summed E-state index contributed by atoms with van der Waals surface area (Å²) >= 11 is 0. The van der Waals surface area contributed by atoms with E-state index in [0.717, 1.165) is 24.8 Å². The van der Waals surface area contributed by atoms with E-state index < -0.39 is 0 Å². The van der Waals surface area contributed by atoms with Crippen molar-refractivity contribution in [1.82, 2.24) is 10.3 Å². The lowest BCUT2D eigenvalue weighted by Crippen LogP contribution is -2.44. The molecule has 1 aliphatic rings. The molecule has 3 N–H and O–H groups in total. The molecule has 1 aromatic heterocycles. The summed E-state index contributed by atoms with van der Waals surface area (Å²) in [5, 5.41) is 3.16. The maximum Gasteiger partial charge on any atom is 0.251 e. The Morgan fingerprint density at radius 2 is 2.07 bits per heavy atom. The highest BCUT2D eigenvalue weighted by atomic mass is 16.5. The molecule has 1 fully saturated rings. The highest BCUT2D eigenvalue weighted by molar-refractivity contribution is 5.95. The van der Waals surface area contributed by atoms with Crippen LogP contribution in [-0.2, 0) is 6.61 Å². The molecule has 1 amide bonds. The van der Waals surface area contributed by atoms with Crippen LogP contribution in [0.5, 0.6) is 11.5 Å². The van der Waals surface area contributed by atoms with E-state index in [2.05, 4.69) is 10.3 Å². The summed E-state index contributed by atoms with van der Waals surface area (Å²) in [6.45, 7) is 3.40. The highest BCUT2D eigenvalue weighted by Gasteiger charge is 2.26. The second kappa shape index (κ2) is 10.1. The molecule has 1 saturated carbocycles. The van der Waals surface area contributed by atoms with Gasteiger partial charge in [0, 0.05) is 29.6 Å². The normalized spacial score (nSPS) is 19.1. The van der Waals surface area contributed by atoms with E-state index in [4.69, 9.17) is 15.2 Å². The van der Waals surface area contributed by atoms with E-state index in [0.29, 0.717) is 42.7 Å². The van der Waals surface area contributed by atoms with Crippen molar-refractivity contribution >= 4 is 5.91 Å². The topological polar surface area (TPSA) is 86.5 Å². The summed E-state index contributed by atoms with van der Waals surface area (Å²) in [5.41, 5.74) is 7.42. The van der Waals surface area contributed by atoms with Crippen molar-refractivity contribution in [3.8, 4) is 11.5 Å². The molecular formula is C22H29N3O3. The zero-order valence-corrected chi connectivity index (χ0v) is 16.4. The average molecular weight is 383 g/mol. The van der Waals surface area contributed by atoms with Crippen LogP contribution in [0.15, 0.2) is 42.7 Å². The number of carbonyl (C=O) groups excluding carboxylic acids is 1. The van der Waals surface area contributed by atoms with Gasteiger partial charge in [0.05, 0.1) is 6.61 Å². The predicted octanol–water partition coefficient (Wildman–Crippen LogP) is 3.31. The minimum Gasteiger partial charge on any atom is -0.490 e. The van der Waals surface area contributed by atoms with Gasteiger partial charge in [0.15, 0.2) is 11.5 Å². The molecule has 2 atom stereocenters. The molecule has 0 bridgehead atoms. The number of nitrogens with zero attached hydrogens (tertiary/aromatic N) is 1. The maximum absolute atomic E-state index is 12.8. The van der Waals surface area contributed by atoms with E-state index in [9.17, 15) is 4.79 Å². The Balaban J connectivity index is 1.69. The Labute approximate surface area is 166 Å². The van der Waals surface area contributed by atoms with Crippen LogP contribution >= 0.6 is 0 Å². The van der Waals surface area contributed by atoms with Crippen LogP contribution in [0.1, 0.15) is 48.5 Å². The van der Waals surface area contributed by atoms with E-state index in [1.165, 1.54) is 6.42 Å². The van der Waals surface area contributed by atoms with E-state index in [-0.39, 0.29) is 11.9 Å². The molecule has 0 spiro atoms. The van der Waals surface area contributed by atoms with Crippen LogP contribution in [0.25, 0.3) is 0 Å². The van der Waals surface area contributed by atoms with Gasteiger partial charge < -0.3 is 20.5 Å². The van der Waals surface area contributed by atoms with Crippen LogP contribution in [0.2, 0.25) is 0 Å². The summed E-state index contributed by atoms with van der Waals surface area (Å²) in [5.74, 6) is 1.44. The molecule has 0 radical (unpaired) electrons. The van der Waals surface area contributed by atoms with Gasteiger partial charge in [0.25, 0.3) is 5.91 Å². The van der Waals surface area contributed by atoms with Crippen LogP contribution in [0.3, 0.4) is 0 Å². The Morgan fingerprint density at radius 1 is 1.21 bits per heavy atom. The van der Waals surface area contributed by atoms with Crippen molar-refractivity contribution < 1.29 is 14.3 Å². The molecule has 1 aliphatic carbocycles. The fraction of sp³-hybridized carbons (Fsp3) is 0.455. The number of ether oxygens (including phenoxy) is 2. The second-order valence-corrected chi connectivity index (χ2v) is 7.10. The maximum atomic E-state index is 12.8. The van der Waals surface area contributed by atoms with Crippen molar-refractivity contribution in [2.45, 2.75) is 45.3 Å². The number of rotatable bonds is 8. The monoisotopic (exact) mass is 383 g/mol. The van der Waals surface area contributed by atoms with Gasteiger partial charge >= 0.3 is 0 Å². The van der Waals surface area contributed by atoms with Crippen molar-refractivity contribution in [1.29, 1.82) is 0 Å². The molecule has 0 aliphatic heterocycles. The third-order valence-electron chi connectivity index (χ3n) is 5.15. The summed E-state index contributed by atoms with van der Waals surface area (Å²) in [6.07, 6.45) is 7.87.